The van der Waals surface area contributed by atoms with Crippen LogP contribution in [0.2, 0.25) is 5.02 Å². The van der Waals surface area contributed by atoms with Gasteiger partial charge >= 0.3 is 5.97 Å². The lowest BCUT2D eigenvalue weighted by Gasteiger charge is -2.18. The summed E-state index contributed by atoms with van der Waals surface area (Å²) < 4.78 is 4.91. The second-order valence-electron chi connectivity index (χ2n) is 4.66. The molecule has 8 heteroatoms. The molecule has 0 saturated heterocycles. The van der Waals surface area contributed by atoms with E-state index >= 15 is 0 Å². The fraction of sp³-hybridized carbons (Fsp3) is 0.267. The summed E-state index contributed by atoms with van der Waals surface area (Å²) in [4.78, 5) is 28.8. The highest BCUT2D eigenvalue weighted by atomic mass is 35.5. The zero-order valence-electron chi connectivity index (χ0n) is 12.4. The van der Waals surface area contributed by atoms with Crippen LogP contribution in [0, 0.1) is 0 Å². The lowest BCUT2D eigenvalue weighted by Crippen LogP contribution is -2.38. The first-order chi connectivity index (χ1) is 11.0. The molecule has 0 aliphatic carbocycles. The fourth-order valence-electron chi connectivity index (χ4n) is 1.91. The quantitative estimate of drug-likeness (QED) is 0.826. The predicted octanol–water partition coefficient (Wildman–Crippen LogP) is 2.64. The van der Waals surface area contributed by atoms with Crippen molar-refractivity contribution in [3.05, 3.63) is 40.4 Å². The third-order valence-corrected chi connectivity index (χ3v) is 4.10. The van der Waals surface area contributed by atoms with Crippen LogP contribution in [-0.4, -0.2) is 53.7 Å². The van der Waals surface area contributed by atoms with Crippen molar-refractivity contribution >= 4 is 34.8 Å². The SMILES string of the molecule is COCCN(CC(=O)O)C(=O)c1csc(-c2cccc(Cl)c2)n1. The van der Waals surface area contributed by atoms with Gasteiger partial charge < -0.3 is 14.7 Å². The summed E-state index contributed by atoms with van der Waals surface area (Å²) in [6.45, 7) is 0.0438. The molecule has 1 heterocycles. The number of aromatic nitrogens is 1. The molecule has 0 spiro atoms. The zero-order valence-corrected chi connectivity index (χ0v) is 13.9. The molecule has 6 nitrogen and oxygen atoms in total. The summed E-state index contributed by atoms with van der Waals surface area (Å²) in [5.41, 5.74) is 1.02. The van der Waals surface area contributed by atoms with Crippen molar-refractivity contribution in [1.82, 2.24) is 9.88 Å². The van der Waals surface area contributed by atoms with Crippen LogP contribution in [0.3, 0.4) is 0 Å². The monoisotopic (exact) mass is 354 g/mol. The number of nitrogens with zero attached hydrogens (tertiary/aromatic N) is 2. The normalized spacial score (nSPS) is 10.5. The summed E-state index contributed by atoms with van der Waals surface area (Å²) in [5, 5.41) is 11.8. The predicted molar refractivity (Wildman–Crippen MR) is 88.0 cm³/mol. The number of halogens is 1. The Labute approximate surface area is 142 Å². The molecular weight excluding hydrogens is 340 g/mol. The highest BCUT2D eigenvalue weighted by Gasteiger charge is 2.21. The van der Waals surface area contributed by atoms with Crippen molar-refractivity contribution in [2.75, 3.05) is 26.8 Å². The fourth-order valence-corrected chi connectivity index (χ4v) is 2.89. The molecule has 2 aromatic rings. The average Bonchev–Trinajstić information content (AvgIpc) is 3.00. The highest BCUT2D eigenvalue weighted by Crippen LogP contribution is 2.26. The maximum Gasteiger partial charge on any atom is 0.323 e. The highest BCUT2D eigenvalue weighted by molar-refractivity contribution is 7.13. The van der Waals surface area contributed by atoms with Gasteiger partial charge in [0, 0.05) is 29.6 Å². The Kier molecular flexibility index (Phi) is 6.09. The zero-order chi connectivity index (χ0) is 16.8. The molecule has 0 bridgehead atoms. The van der Waals surface area contributed by atoms with E-state index in [1.807, 2.05) is 6.07 Å². The van der Waals surface area contributed by atoms with E-state index < -0.39 is 18.4 Å². The Morgan fingerprint density at radius 1 is 1.43 bits per heavy atom. The maximum atomic E-state index is 12.4. The van der Waals surface area contributed by atoms with Gasteiger partial charge in [-0.2, -0.15) is 0 Å². The van der Waals surface area contributed by atoms with Crippen molar-refractivity contribution in [2.24, 2.45) is 0 Å². The van der Waals surface area contributed by atoms with Crippen molar-refractivity contribution in [2.45, 2.75) is 0 Å². The summed E-state index contributed by atoms with van der Waals surface area (Å²) in [6, 6.07) is 7.16. The van der Waals surface area contributed by atoms with Crippen LogP contribution in [-0.2, 0) is 9.53 Å². The number of aliphatic carboxylic acids is 1. The van der Waals surface area contributed by atoms with E-state index in [1.165, 1.54) is 23.3 Å². The minimum atomic E-state index is -1.08. The minimum absolute atomic E-state index is 0.186. The molecule has 23 heavy (non-hydrogen) atoms. The standard InChI is InChI=1S/C15H15ClN2O4S/c1-22-6-5-18(8-13(19)20)15(21)12-9-23-14(17-12)10-3-2-4-11(16)7-10/h2-4,7,9H,5-6,8H2,1H3,(H,19,20). The third kappa shape index (κ3) is 4.75. The van der Waals surface area contributed by atoms with E-state index in [1.54, 1.807) is 23.6 Å². The van der Waals surface area contributed by atoms with Crippen LogP contribution in [0.15, 0.2) is 29.6 Å². The number of benzene rings is 1. The van der Waals surface area contributed by atoms with E-state index in [4.69, 9.17) is 21.4 Å². The molecule has 0 atom stereocenters. The molecule has 0 aliphatic rings. The smallest absolute Gasteiger partial charge is 0.323 e. The lowest BCUT2D eigenvalue weighted by molar-refractivity contribution is -0.137. The van der Waals surface area contributed by atoms with Crippen molar-refractivity contribution in [3.8, 4) is 10.6 Å². The number of methoxy groups -OCH3 is 1. The van der Waals surface area contributed by atoms with Gasteiger partial charge in [0.2, 0.25) is 0 Å². The molecule has 0 saturated carbocycles. The maximum absolute atomic E-state index is 12.4. The van der Waals surface area contributed by atoms with E-state index in [9.17, 15) is 9.59 Å². The Morgan fingerprint density at radius 2 is 2.22 bits per heavy atom. The average molecular weight is 355 g/mol. The van der Waals surface area contributed by atoms with Crippen LogP contribution in [0.1, 0.15) is 10.5 Å². The van der Waals surface area contributed by atoms with E-state index in [2.05, 4.69) is 4.98 Å². The van der Waals surface area contributed by atoms with Crippen LogP contribution in [0.4, 0.5) is 0 Å². The van der Waals surface area contributed by atoms with Crippen molar-refractivity contribution in [1.29, 1.82) is 0 Å². The summed E-state index contributed by atoms with van der Waals surface area (Å²) in [6.07, 6.45) is 0. The number of carboxylic acid groups (broad SMARTS) is 1. The number of ether oxygens (including phenoxy) is 1. The minimum Gasteiger partial charge on any atom is -0.480 e. The number of carbonyl (C=O) groups excluding carboxylic acids is 1. The van der Waals surface area contributed by atoms with Gasteiger partial charge in [-0.15, -0.1) is 11.3 Å². The Hall–Kier alpha value is -1.96. The number of hydrogen-bond donors (Lipinski definition) is 1. The molecule has 1 N–H and O–H groups in total. The number of carbonyl (C=O) groups is 2. The van der Waals surface area contributed by atoms with Crippen molar-refractivity contribution < 1.29 is 19.4 Å². The van der Waals surface area contributed by atoms with E-state index in [0.29, 0.717) is 10.0 Å². The topological polar surface area (TPSA) is 79.7 Å². The van der Waals surface area contributed by atoms with E-state index in [-0.39, 0.29) is 18.8 Å². The number of hydrogen-bond acceptors (Lipinski definition) is 5. The van der Waals surface area contributed by atoms with Crippen LogP contribution in [0.5, 0.6) is 0 Å². The van der Waals surface area contributed by atoms with Gasteiger partial charge in [-0.1, -0.05) is 23.7 Å². The number of thiazole rings is 1. The molecule has 2 rings (SSSR count). The van der Waals surface area contributed by atoms with Gasteiger partial charge in [-0.25, -0.2) is 4.98 Å². The molecule has 1 aromatic heterocycles. The summed E-state index contributed by atoms with van der Waals surface area (Å²) in [7, 11) is 1.49. The molecule has 0 unspecified atom stereocenters. The first kappa shape index (κ1) is 17.4. The molecular formula is C15H15ClN2O4S. The van der Waals surface area contributed by atoms with Gasteiger partial charge in [-0.3, -0.25) is 9.59 Å². The third-order valence-electron chi connectivity index (χ3n) is 2.97. The molecule has 122 valence electrons. The summed E-state index contributed by atoms with van der Waals surface area (Å²) >= 11 is 7.26. The van der Waals surface area contributed by atoms with Gasteiger partial charge in [0.1, 0.15) is 17.2 Å². The van der Waals surface area contributed by atoms with Gasteiger partial charge in [0.05, 0.1) is 6.61 Å². The number of carboxylic acids is 1. The van der Waals surface area contributed by atoms with Crippen LogP contribution in [0.25, 0.3) is 10.6 Å². The number of amides is 1. The van der Waals surface area contributed by atoms with E-state index in [0.717, 1.165) is 5.56 Å². The lowest BCUT2D eigenvalue weighted by atomic mass is 10.2. The number of rotatable bonds is 7. The first-order valence-electron chi connectivity index (χ1n) is 6.72. The molecule has 0 radical (unpaired) electrons. The Morgan fingerprint density at radius 3 is 2.87 bits per heavy atom. The molecule has 0 aliphatic heterocycles. The van der Waals surface area contributed by atoms with Crippen molar-refractivity contribution in [3.63, 3.8) is 0 Å². The second-order valence-corrected chi connectivity index (χ2v) is 5.96. The largest absolute Gasteiger partial charge is 0.480 e. The Bertz CT molecular complexity index is 704. The van der Waals surface area contributed by atoms with Gasteiger partial charge in [0.15, 0.2) is 0 Å². The van der Waals surface area contributed by atoms with Crippen LogP contribution < -0.4 is 0 Å². The van der Waals surface area contributed by atoms with Crippen LogP contribution >= 0.6 is 22.9 Å². The van der Waals surface area contributed by atoms with Gasteiger partial charge in [-0.05, 0) is 12.1 Å². The van der Waals surface area contributed by atoms with Gasteiger partial charge in [0.25, 0.3) is 5.91 Å². The second kappa shape index (κ2) is 8.05. The molecule has 1 amide bonds. The molecule has 0 fully saturated rings. The summed E-state index contributed by atoms with van der Waals surface area (Å²) in [5.74, 6) is -1.52. The Balaban J connectivity index is 2.19. The molecule has 1 aromatic carbocycles. The first-order valence-corrected chi connectivity index (χ1v) is 7.98.